The zero-order valence-corrected chi connectivity index (χ0v) is 12.1. The quantitative estimate of drug-likeness (QED) is 0.706. The average Bonchev–Trinajstić information content (AvgIpc) is 2.26. The van der Waals surface area contributed by atoms with Crippen molar-refractivity contribution in [2.45, 2.75) is 26.7 Å². The van der Waals surface area contributed by atoms with Gasteiger partial charge in [0.05, 0.1) is 0 Å². The Bertz CT molecular complexity index is 311. The van der Waals surface area contributed by atoms with E-state index in [1.807, 2.05) is 0 Å². The summed E-state index contributed by atoms with van der Waals surface area (Å²) in [5, 5.41) is 1.11. The number of alkyl halides is 1. The fourth-order valence-corrected chi connectivity index (χ4v) is 2.52. The normalized spacial score (nSPS) is 12.5. The van der Waals surface area contributed by atoms with Crippen molar-refractivity contribution < 1.29 is 0 Å². The van der Waals surface area contributed by atoms with Crippen molar-refractivity contribution in [3.63, 3.8) is 0 Å². The second-order valence-corrected chi connectivity index (χ2v) is 5.43. The van der Waals surface area contributed by atoms with Crippen LogP contribution in [0.25, 0.3) is 0 Å². The van der Waals surface area contributed by atoms with E-state index in [4.69, 9.17) is 0 Å². The molecule has 0 fully saturated rings. The van der Waals surface area contributed by atoms with E-state index in [1.165, 1.54) is 24.1 Å². The van der Waals surface area contributed by atoms with Crippen molar-refractivity contribution in [2.75, 3.05) is 23.8 Å². The summed E-state index contributed by atoms with van der Waals surface area (Å²) in [5.74, 6) is 0.798. The number of aryl methyl sites for hydroxylation is 1. The average molecular weight is 284 g/mol. The minimum Gasteiger partial charge on any atom is -0.375 e. The van der Waals surface area contributed by atoms with Crippen LogP contribution in [0.4, 0.5) is 5.69 Å². The fourth-order valence-electron chi connectivity index (χ4n) is 1.74. The number of benzene rings is 1. The molecule has 0 saturated heterocycles. The summed E-state index contributed by atoms with van der Waals surface area (Å²) >= 11 is 3.50. The molecule has 0 aromatic heterocycles. The Morgan fingerprint density at radius 2 is 2.06 bits per heavy atom. The van der Waals surface area contributed by atoms with Crippen molar-refractivity contribution in [3.8, 4) is 0 Å². The summed E-state index contributed by atoms with van der Waals surface area (Å²) in [6, 6.07) is 8.70. The van der Waals surface area contributed by atoms with Crippen molar-refractivity contribution in [3.05, 3.63) is 29.8 Å². The van der Waals surface area contributed by atoms with Crippen LogP contribution in [0, 0.1) is 12.8 Å². The van der Waals surface area contributed by atoms with E-state index < -0.39 is 0 Å². The van der Waals surface area contributed by atoms with Crippen LogP contribution in [-0.2, 0) is 0 Å². The predicted octanol–water partition coefficient (Wildman–Crippen LogP) is 4.24. The zero-order valence-electron chi connectivity index (χ0n) is 10.5. The van der Waals surface area contributed by atoms with Gasteiger partial charge in [-0.25, -0.2) is 0 Å². The zero-order chi connectivity index (χ0) is 12.0. The van der Waals surface area contributed by atoms with E-state index in [1.54, 1.807) is 0 Å². The molecule has 16 heavy (non-hydrogen) atoms. The summed E-state index contributed by atoms with van der Waals surface area (Å²) in [5.41, 5.74) is 2.66. The molecule has 0 N–H and O–H groups in total. The maximum atomic E-state index is 3.50. The number of halogens is 1. The van der Waals surface area contributed by atoms with Crippen molar-refractivity contribution in [1.82, 2.24) is 0 Å². The van der Waals surface area contributed by atoms with Gasteiger partial charge in [-0.2, -0.15) is 0 Å². The van der Waals surface area contributed by atoms with E-state index in [-0.39, 0.29) is 0 Å². The van der Waals surface area contributed by atoms with Gasteiger partial charge >= 0.3 is 0 Å². The second kappa shape index (κ2) is 6.95. The molecule has 90 valence electrons. The highest BCUT2D eigenvalue weighted by atomic mass is 79.9. The summed E-state index contributed by atoms with van der Waals surface area (Å²) in [7, 11) is 2.18. The number of nitrogens with zero attached hydrogens (tertiary/aromatic N) is 1. The molecule has 1 rings (SSSR count). The van der Waals surface area contributed by atoms with Crippen molar-refractivity contribution >= 4 is 21.6 Å². The molecule has 1 atom stereocenters. The molecule has 1 unspecified atom stereocenters. The van der Waals surface area contributed by atoms with Gasteiger partial charge in [0.2, 0.25) is 0 Å². The van der Waals surface area contributed by atoms with E-state index in [0.717, 1.165) is 17.8 Å². The Morgan fingerprint density at radius 1 is 1.31 bits per heavy atom. The van der Waals surface area contributed by atoms with Crippen LogP contribution in [-0.4, -0.2) is 18.9 Å². The van der Waals surface area contributed by atoms with Gasteiger partial charge in [-0.3, -0.25) is 0 Å². The topological polar surface area (TPSA) is 3.24 Å². The van der Waals surface area contributed by atoms with Gasteiger partial charge in [0, 0.05) is 24.6 Å². The van der Waals surface area contributed by atoms with Crippen LogP contribution in [0.5, 0.6) is 0 Å². The minimum absolute atomic E-state index is 0.798. The number of rotatable bonds is 6. The minimum atomic E-state index is 0.798. The molecular formula is C14H22BrN. The molecule has 0 aliphatic carbocycles. The molecule has 2 heteroatoms. The SMILES string of the molecule is Cc1cccc(N(C)CCC(C)CCBr)c1. The summed E-state index contributed by atoms with van der Waals surface area (Å²) in [6.07, 6.45) is 2.53. The largest absolute Gasteiger partial charge is 0.375 e. The first-order chi connectivity index (χ1) is 7.63. The first kappa shape index (κ1) is 13.6. The highest BCUT2D eigenvalue weighted by Gasteiger charge is 2.05. The molecule has 0 aliphatic rings. The van der Waals surface area contributed by atoms with Gasteiger partial charge in [0.25, 0.3) is 0 Å². The maximum Gasteiger partial charge on any atom is 0.0366 e. The first-order valence-corrected chi connectivity index (χ1v) is 7.09. The summed E-state index contributed by atoms with van der Waals surface area (Å²) < 4.78 is 0. The lowest BCUT2D eigenvalue weighted by atomic mass is 10.0. The lowest BCUT2D eigenvalue weighted by Gasteiger charge is -2.21. The Labute approximate surface area is 108 Å². The van der Waals surface area contributed by atoms with E-state index in [9.17, 15) is 0 Å². The van der Waals surface area contributed by atoms with Crippen LogP contribution >= 0.6 is 15.9 Å². The van der Waals surface area contributed by atoms with Gasteiger partial charge in [-0.05, 0) is 43.4 Å². The number of hydrogen-bond donors (Lipinski definition) is 0. The maximum absolute atomic E-state index is 3.50. The van der Waals surface area contributed by atoms with Crippen LogP contribution in [0.15, 0.2) is 24.3 Å². The van der Waals surface area contributed by atoms with Crippen LogP contribution in [0.3, 0.4) is 0 Å². The lowest BCUT2D eigenvalue weighted by molar-refractivity contribution is 0.523. The Balaban J connectivity index is 2.43. The third kappa shape index (κ3) is 4.56. The summed E-state index contributed by atoms with van der Waals surface area (Å²) in [4.78, 5) is 2.34. The molecule has 0 saturated carbocycles. The highest BCUT2D eigenvalue weighted by molar-refractivity contribution is 9.09. The third-order valence-corrected chi connectivity index (χ3v) is 3.46. The van der Waals surface area contributed by atoms with Gasteiger partial charge < -0.3 is 4.90 Å². The first-order valence-electron chi connectivity index (χ1n) is 5.97. The van der Waals surface area contributed by atoms with E-state index in [0.29, 0.717) is 0 Å². The van der Waals surface area contributed by atoms with Crippen LogP contribution in [0.2, 0.25) is 0 Å². The molecule has 1 aromatic rings. The Hall–Kier alpha value is -0.500. The van der Waals surface area contributed by atoms with Crippen molar-refractivity contribution in [2.24, 2.45) is 5.92 Å². The molecule has 0 radical (unpaired) electrons. The molecule has 0 bridgehead atoms. The molecule has 0 spiro atoms. The van der Waals surface area contributed by atoms with Crippen molar-refractivity contribution in [1.29, 1.82) is 0 Å². The van der Waals surface area contributed by atoms with E-state index >= 15 is 0 Å². The van der Waals surface area contributed by atoms with Crippen LogP contribution in [0.1, 0.15) is 25.3 Å². The third-order valence-electron chi connectivity index (χ3n) is 3.00. The Morgan fingerprint density at radius 3 is 2.69 bits per heavy atom. The standard InChI is InChI=1S/C14H22BrN/c1-12(7-9-15)8-10-16(3)14-6-4-5-13(2)11-14/h4-6,11-12H,7-10H2,1-3H3. The lowest BCUT2D eigenvalue weighted by Crippen LogP contribution is -2.20. The van der Waals surface area contributed by atoms with Gasteiger partial charge in [-0.1, -0.05) is 35.0 Å². The summed E-state index contributed by atoms with van der Waals surface area (Å²) in [6.45, 7) is 5.60. The number of anilines is 1. The smallest absolute Gasteiger partial charge is 0.0366 e. The molecule has 0 amide bonds. The van der Waals surface area contributed by atoms with Gasteiger partial charge in [-0.15, -0.1) is 0 Å². The second-order valence-electron chi connectivity index (χ2n) is 4.63. The fraction of sp³-hybridized carbons (Fsp3) is 0.571. The Kier molecular flexibility index (Phi) is 5.89. The molecule has 0 aliphatic heterocycles. The highest BCUT2D eigenvalue weighted by Crippen LogP contribution is 2.16. The predicted molar refractivity (Wildman–Crippen MR) is 76.6 cm³/mol. The molecule has 1 nitrogen and oxygen atoms in total. The molecule has 1 aromatic carbocycles. The molecular weight excluding hydrogens is 262 g/mol. The molecule has 0 heterocycles. The number of hydrogen-bond acceptors (Lipinski definition) is 1. The monoisotopic (exact) mass is 283 g/mol. The van der Waals surface area contributed by atoms with Crippen LogP contribution < -0.4 is 4.90 Å². The van der Waals surface area contributed by atoms with Gasteiger partial charge in [0.1, 0.15) is 0 Å². The van der Waals surface area contributed by atoms with Gasteiger partial charge in [0.15, 0.2) is 0 Å². The van der Waals surface area contributed by atoms with E-state index in [2.05, 4.69) is 66.0 Å².